The third-order valence-electron chi connectivity index (χ3n) is 5.74. The van der Waals surface area contributed by atoms with E-state index in [0.717, 1.165) is 16.5 Å². The van der Waals surface area contributed by atoms with Gasteiger partial charge in [-0.15, -0.1) is 0 Å². The van der Waals surface area contributed by atoms with Crippen molar-refractivity contribution in [3.8, 4) is 23.0 Å². The first-order valence-electron chi connectivity index (χ1n) is 10.8. The van der Waals surface area contributed by atoms with Crippen LogP contribution in [-0.4, -0.2) is 60.3 Å². The minimum Gasteiger partial charge on any atom is -0.508 e. The number of carbonyl (C=O) groups is 4. The monoisotopic (exact) mass is 499 g/mol. The van der Waals surface area contributed by atoms with Crippen LogP contribution in [0.25, 0.3) is 0 Å². The van der Waals surface area contributed by atoms with E-state index in [1.165, 1.54) is 19.1 Å². The van der Waals surface area contributed by atoms with E-state index in [2.05, 4.69) is 0 Å². The molecule has 3 rings (SSSR count). The Bertz CT molecular complexity index is 1280. The van der Waals surface area contributed by atoms with E-state index < -0.39 is 47.8 Å². The summed E-state index contributed by atoms with van der Waals surface area (Å²) in [5, 5.41) is 49.4. The molecule has 0 spiro atoms. The molecule has 36 heavy (non-hydrogen) atoms. The molecule has 1 atom stereocenters. The number of carboxylic acid groups (broad SMARTS) is 2. The smallest absolute Gasteiger partial charge is 0.347 e. The molecule has 5 N–H and O–H groups in total. The van der Waals surface area contributed by atoms with Gasteiger partial charge in [0.1, 0.15) is 34.6 Å². The Morgan fingerprint density at radius 3 is 2.33 bits per heavy atom. The summed E-state index contributed by atoms with van der Waals surface area (Å²) in [6.45, 7) is 4.74. The maximum Gasteiger partial charge on any atom is 0.347 e. The Balaban J connectivity index is 2.09. The van der Waals surface area contributed by atoms with Crippen molar-refractivity contribution in [2.24, 2.45) is 0 Å². The van der Waals surface area contributed by atoms with Crippen LogP contribution in [0, 0.1) is 6.92 Å². The average Bonchev–Trinajstić information content (AvgIpc) is 3.07. The van der Waals surface area contributed by atoms with E-state index in [1.807, 2.05) is 13.8 Å². The van der Waals surface area contributed by atoms with Gasteiger partial charge in [-0.25, -0.2) is 9.59 Å². The molecular formula is C25H25NO10. The van der Waals surface area contributed by atoms with Crippen molar-refractivity contribution in [1.82, 2.24) is 4.90 Å². The molecule has 1 aliphatic heterocycles. The van der Waals surface area contributed by atoms with Gasteiger partial charge in [0.25, 0.3) is 5.91 Å². The number of fused-ring (bicyclic) bond motifs is 1. The normalized spacial score (nSPS) is 13.2. The fraction of sp³-hybridized carbons (Fsp3) is 0.280. The van der Waals surface area contributed by atoms with Crippen molar-refractivity contribution in [2.45, 2.75) is 46.2 Å². The summed E-state index contributed by atoms with van der Waals surface area (Å²) in [7, 11) is 0. The number of nitrogens with zero attached hydrogens (tertiary/aromatic N) is 1. The second-order valence-corrected chi connectivity index (χ2v) is 8.64. The zero-order valence-corrected chi connectivity index (χ0v) is 19.7. The van der Waals surface area contributed by atoms with Crippen LogP contribution in [0.2, 0.25) is 0 Å². The number of phenols is 3. The number of aliphatic carboxylic acids is 2. The SMILES string of the molecule is CC(C)=CCc1c(OC(=O)c2c(C)cc(O)cc2O)cc2c(c1O)CN(C(CC(=O)O)C(=O)O)C2=O. The van der Waals surface area contributed by atoms with Gasteiger partial charge in [0.05, 0.1) is 18.5 Å². The molecule has 0 saturated heterocycles. The van der Waals surface area contributed by atoms with Gasteiger partial charge in [-0.1, -0.05) is 11.6 Å². The summed E-state index contributed by atoms with van der Waals surface area (Å²) in [6.07, 6.45) is 0.985. The van der Waals surface area contributed by atoms with E-state index in [4.69, 9.17) is 9.84 Å². The molecule has 1 aliphatic rings. The van der Waals surface area contributed by atoms with Crippen molar-refractivity contribution in [1.29, 1.82) is 0 Å². The van der Waals surface area contributed by atoms with Crippen molar-refractivity contribution < 1.29 is 49.4 Å². The Morgan fingerprint density at radius 2 is 1.78 bits per heavy atom. The second kappa shape index (κ2) is 9.98. The van der Waals surface area contributed by atoms with E-state index in [9.17, 15) is 39.6 Å². The third kappa shape index (κ3) is 5.09. The summed E-state index contributed by atoms with van der Waals surface area (Å²) in [6, 6.07) is 1.72. The van der Waals surface area contributed by atoms with Crippen LogP contribution in [0.1, 0.15) is 57.7 Å². The number of esters is 1. The first-order valence-corrected chi connectivity index (χ1v) is 10.8. The Hall–Kier alpha value is -4.54. The zero-order valence-electron chi connectivity index (χ0n) is 19.7. The molecule has 2 aromatic rings. The number of rotatable bonds is 8. The zero-order chi connectivity index (χ0) is 26.9. The molecule has 0 aliphatic carbocycles. The Kier molecular flexibility index (Phi) is 7.23. The molecule has 1 amide bonds. The molecular weight excluding hydrogens is 474 g/mol. The number of ether oxygens (including phenoxy) is 1. The van der Waals surface area contributed by atoms with Crippen LogP contribution in [-0.2, 0) is 22.6 Å². The van der Waals surface area contributed by atoms with Crippen LogP contribution in [0.15, 0.2) is 29.8 Å². The summed E-state index contributed by atoms with van der Waals surface area (Å²) in [5.41, 5.74) is 0.940. The number of benzene rings is 2. The summed E-state index contributed by atoms with van der Waals surface area (Å²) < 4.78 is 5.48. The number of aryl methyl sites for hydroxylation is 1. The minimum atomic E-state index is -1.68. The first-order chi connectivity index (χ1) is 16.8. The summed E-state index contributed by atoms with van der Waals surface area (Å²) in [5.74, 6) is -6.18. The highest BCUT2D eigenvalue weighted by molar-refractivity contribution is 6.03. The number of allylic oxidation sites excluding steroid dienone is 2. The van der Waals surface area contributed by atoms with Crippen molar-refractivity contribution in [3.63, 3.8) is 0 Å². The van der Waals surface area contributed by atoms with Gasteiger partial charge in [0.2, 0.25) is 0 Å². The average molecular weight is 499 g/mol. The lowest BCUT2D eigenvalue weighted by atomic mass is 9.99. The summed E-state index contributed by atoms with van der Waals surface area (Å²) in [4.78, 5) is 49.6. The standard InChI is InChI=1S/C25H25NO10/c1-11(2)4-5-14-19(36-25(35)21-12(3)6-13(27)7-18(21)28)8-15-16(22(14)31)10-26(23(15)32)17(24(33)34)9-20(29)30/h4,6-8,17,27-28,31H,5,9-10H2,1-3H3,(H,29,30)(H,33,34). The van der Waals surface area contributed by atoms with Gasteiger partial charge in [0, 0.05) is 17.2 Å². The maximum absolute atomic E-state index is 13.0. The largest absolute Gasteiger partial charge is 0.508 e. The van der Waals surface area contributed by atoms with E-state index in [0.29, 0.717) is 0 Å². The molecule has 1 unspecified atom stereocenters. The van der Waals surface area contributed by atoms with Crippen LogP contribution < -0.4 is 4.74 Å². The lowest BCUT2D eigenvalue weighted by Gasteiger charge is -2.22. The topological polar surface area (TPSA) is 182 Å². The lowest BCUT2D eigenvalue weighted by molar-refractivity contribution is -0.148. The van der Waals surface area contributed by atoms with E-state index in [1.54, 1.807) is 6.08 Å². The summed E-state index contributed by atoms with van der Waals surface area (Å²) >= 11 is 0. The fourth-order valence-corrected chi connectivity index (χ4v) is 3.99. The molecule has 190 valence electrons. The molecule has 0 saturated carbocycles. The van der Waals surface area contributed by atoms with Crippen molar-refractivity contribution in [2.75, 3.05) is 0 Å². The van der Waals surface area contributed by atoms with Crippen LogP contribution >= 0.6 is 0 Å². The molecule has 0 bridgehead atoms. The number of hydrogen-bond donors (Lipinski definition) is 5. The predicted molar refractivity (Wildman–Crippen MR) is 124 cm³/mol. The Labute approximate surface area is 205 Å². The number of carbonyl (C=O) groups excluding carboxylic acids is 2. The van der Waals surface area contributed by atoms with Crippen molar-refractivity contribution in [3.05, 3.63) is 57.7 Å². The molecule has 1 heterocycles. The van der Waals surface area contributed by atoms with Gasteiger partial charge >= 0.3 is 17.9 Å². The molecule has 0 radical (unpaired) electrons. The van der Waals surface area contributed by atoms with Crippen LogP contribution in [0.3, 0.4) is 0 Å². The maximum atomic E-state index is 13.0. The third-order valence-corrected chi connectivity index (χ3v) is 5.74. The second-order valence-electron chi connectivity index (χ2n) is 8.64. The van der Waals surface area contributed by atoms with Gasteiger partial charge < -0.3 is 35.2 Å². The molecule has 11 heteroatoms. The van der Waals surface area contributed by atoms with Gasteiger partial charge in [-0.05, 0) is 44.9 Å². The highest BCUT2D eigenvalue weighted by Gasteiger charge is 2.40. The number of carboxylic acids is 2. The molecule has 0 aromatic heterocycles. The number of hydrogen-bond acceptors (Lipinski definition) is 8. The number of aromatic hydroxyl groups is 3. The Morgan fingerprint density at radius 1 is 1.11 bits per heavy atom. The van der Waals surface area contributed by atoms with E-state index >= 15 is 0 Å². The van der Waals surface area contributed by atoms with Crippen LogP contribution in [0.4, 0.5) is 0 Å². The molecule has 2 aromatic carbocycles. The first kappa shape index (κ1) is 26.1. The number of amides is 1. The predicted octanol–water partition coefficient (Wildman–Crippen LogP) is 2.72. The van der Waals surface area contributed by atoms with Gasteiger partial charge in [0.15, 0.2) is 0 Å². The minimum absolute atomic E-state index is 0.0808. The molecule has 0 fully saturated rings. The van der Waals surface area contributed by atoms with Crippen LogP contribution in [0.5, 0.6) is 23.0 Å². The van der Waals surface area contributed by atoms with Gasteiger partial charge in [-0.3, -0.25) is 9.59 Å². The highest BCUT2D eigenvalue weighted by Crippen LogP contribution is 2.41. The van der Waals surface area contributed by atoms with E-state index in [-0.39, 0.29) is 52.3 Å². The lowest BCUT2D eigenvalue weighted by Crippen LogP contribution is -2.42. The fourth-order valence-electron chi connectivity index (χ4n) is 3.99. The van der Waals surface area contributed by atoms with Gasteiger partial charge in [-0.2, -0.15) is 0 Å². The number of phenolic OH excluding ortho intramolecular Hbond substituents is 3. The molecule has 11 nitrogen and oxygen atoms in total. The van der Waals surface area contributed by atoms with Crippen molar-refractivity contribution >= 4 is 23.8 Å². The quantitative estimate of drug-likeness (QED) is 0.206. The highest BCUT2D eigenvalue weighted by atomic mass is 16.5.